The molecule has 1 amide bonds. The molecule has 1 heterocycles. The predicted molar refractivity (Wildman–Crippen MR) is 167 cm³/mol. The smallest absolute Gasteiger partial charge is 0.267 e. The summed E-state index contributed by atoms with van der Waals surface area (Å²) in [6.07, 6.45) is 1.59. The number of amides is 1. The lowest BCUT2D eigenvalue weighted by Gasteiger charge is -2.58. The van der Waals surface area contributed by atoms with E-state index in [4.69, 9.17) is 0 Å². The third kappa shape index (κ3) is 5.64. The number of benzene rings is 4. The van der Waals surface area contributed by atoms with Crippen LogP contribution in [-0.4, -0.2) is 27.0 Å². The molecule has 5 rings (SSSR count). The van der Waals surface area contributed by atoms with E-state index in [1.807, 2.05) is 32.9 Å². The molecule has 0 bridgehead atoms. The molecular formula is C34H36N2O5S2. The zero-order valence-corrected chi connectivity index (χ0v) is 26.1. The van der Waals surface area contributed by atoms with Gasteiger partial charge in [-0.25, -0.2) is 25.9 Å². The predicted octanol–water partition coefficient (Wildman–Crippen LogP) is 6.47. The summed E-state index contributed by atoms with van der Waals surface area (Å²) in [7, 11) is -8.39. The standard InChI is InChI=1S/C34H36N2O5S2/c1-4-5-24-34(31(27-12-8-6-9-13-27)35-42(38,39)29-20-16-25(2)17-21-29)32(28-14-10-7-11-15-28)36(33(34)37)43(40,41)30-22-18-26(3)19-23-30/h6-23,31-32,35H,4-5,24H2,1-3H3/t31?,32-,34+/m0/s1. The SMILES string of the molecule is CCCC[C@]1(C(NS(=O)(=O)c2ccc(C)cc2)c2ccccc2)C(=O)N(S(=O)(=O)c2ccc(C)cc2)[C@H]1c1ccccc1. The Kier molecular flexibility index (Phi) is 8.61. The minimum atomic E-state index is -4.27. The van der Waals surface area contributed by atoms with E-state index in [0.29, 0.717) is 17.5 Å². The van der Waals surface area contributed by atoms with Gasteiger partial charge in [-0.2, -0.15) is 0 Å². The fourth-order valence-electron chi connectivity index (χ4n) is 5.92. The highest BCUT2D eigenvalue weighted by Gasteiger charge is 2.68. The molecule has 9 heteroatoms. The van der Waals surface area contributed by atoms with Crippen molar-refractivity contribution in [3.05, 3.63) is 131 Å². The summed E-state index contributed by atoms with van der Waals surface area (Å²) in [5, 5.41) is 0. The molecule has 0 aliphatic carbocycles. The summed E-state index contributed by atoms with van der Waals surface area (Å²) in [6, 6.07) is 28.9. The van der Waals surface area contributed by atoms with Gasteiger partial charge in [0, 0.05) is 0 Å². The maximum Gasteiger partial charge on any atom is 0.267 e. The van der Waals surface area contributed by atoms with Crippen molar-refractivity contribution >= 4 is 26.0 Å². The highest BCUT2D eigenvalue weighted by atomic mass is 32.2. The maximum atomic E-state index is 14.7. The van der Waals surface area contributed by atoms with E-state index in [1.54, 1.807) is 72.8 Å². The first-order valence-corrected chi connectivity index (χ1v) is 17.3. The van der Waals surface area contributed by atoms with Crippen LogP contribution in [0.4, 0.5) is 0 Å². The van der Waals surface area contributed by atoms with Gasteiger partial charge in [0.25, 0.3) is 10.0 Å². The fourth-order valence-corrected chi connectivity index (χ4v) is 8.89. The Bertz CT molecular complexity index is 1750. The molecule has 224 valence electrons. The second-order valence-electron chi connectivity index (χ2n) is 11.2. The van der Waals surface area contributed by atoms with Crippen LogP contribution in [0, 0.1) is 19.3 Å². The number of β-lactam (4-membered cyclic amide) rings is 1. The zero-order valence-electron chi connectivity index (χ0n) is 24.5. The van der Waals surface area contributed by atoms with Gasteiger partial charge < -0.3 is 0 Å². The molecule has 3 atom stereocenters. The first-order chi connectivity index (χ1) is 20.5. The summed E-state index contributed by atoms with van der Waals surface area (Å²) in [4.78, 5) is 14.7. The van der Waals surface area contributed by atoms with Crippen LogP contribution in [0.5, 0.6) is 0 Å². The van der Waals surface area contributed by atoms with Crippen LogP contribution in [0.25, 0.3) is 0 Å². The third-order valence-corrected chi connectivity index (χ3v) is 11.4. The Hall–Kier alpha value is -3.79. The number of hydrogen-bond donors (Lipinski definition) is 1. The van der Waals surface area contributed by atoms with Gasteiger partial charge in [0.1, 0.15) is 0 Å². The minimum absolute atomic E-state index is 0.00738. The molecule has 1 N–H and O–H groups in total. The quantitative estimate of drug-likeness (QED) is 0.195. The van der Waals surface area contributed by atoms with E-state index >= 15 is 0 Å². The van der Waals surface area contributed by atoms with Crippen molar-refractivity contribution in [3.8, 4) is 0 Å². The number of nitrogens with zero attached hydrogens (tertiary/aromatic N) is 1. The largest absolute Gasteiger partial charge is 0.273 e. The second-order valence-corrected chi connectivity index (χ2v) is 14.7. The molecule has 0 aromatic heterocycles. The van der Waals surface area contributed by atoms with Crippen molar-refractivity contribution in [3.63, 3.8) is 0 Å². The third-order valence-electron chi connectivity index (χ3n) is 8.21. The second kappa shape index (κ2) is 12.1. The van der Waals surface area contributed by atoms with E-state index in [0.717, 1.165) is 21.9 Å². The van der Waals surface area contributed by atoms with Crippen molar-refractivity contribution in [2.24, 2.45) is 5.41 Å². The summed E-state index contributed by atoms with van der Waals surface area (Å²) < 4.78 is 60.0. The highest BCUT2D eigenvalue weighted by molar-refractivity contribution is 7.90. The maximum absolute atomic E-state index is 14.7. The summed E-state index contributed by atoms with van der Waals surface area (Å²) >= 11 is 0. The number of hydrogen-bond acceptors (Lipinski definition) is 5. The summed E-state index contributed by atoms with van der Waals surface area (Å²) in [6.45, 7) is 5.72. The highest BCUT2D eigenvalue weighted by Crippen LogP contribution is 2.61. The molecule has 0 saturated carbocycles. The Morgan fingerprint density at radius 1 is 0.744 bits per heavy atom. The van der Waals surface area contributed by atoms with Crippen molar-refractivity contribution in [2.75, 3.05) is 0 Å². The average molecular weight is 617 g/mol. The Labute approximate surface area is 254 Å². The van der Waals surface area contributed by atoms with Crippen LogP contribution >= 0.6 is 0 Å². The zero-order chi connectivity index (χ0) is 30.8. The van der Waals surface area contributed by atoms with Gasteiger partial charge >= 0.3 is 0 Å². The van der Waals surface area contributed by atoms with E-state index < -0.39 is 43.5 Å². The molecule has 1 saturated heterocycles. The molecule has 43 heavy (non-hydrogen) atoms. The lowest BCUT2D eigenvalue weighted by molar-refractivity contribution is -0.166. The van der Waals surface area contributed by atoms with Crippen molar-refractivity contribution in [1.29, 1.82) is 0 Å². The number of unbranched alkanes of at least 4 members (excludes halogenated alkanes) is 1. The monoisotopic (exact) mass is 616 g/mol. The summed E-state index contributed by atoms with van der Waals surface area (Å²) in [5.74, 6) is -0.629. The normalized spacial score (nSPS) is 19.6. The Balaban J connectivity index is 1.72. The average Bonchev–Trinajstić information content (AvgIpc) is 3.00. The van der Waals surface area contributed by atoms with Crippen molar-refractivity contribution < 1.29 is 21.6 Å². The number of aryl methyl sites for hydroxylation is 2. The molecule has 1 aliphatic heterocycles. The number of carbonyl (C=O) groups excluding carboxylic acids is 1. The van der Waals surface area contributed by atoms with Crippen LogP contribution in [0.1, 0.15) is 60.5 Å². The number of carbonyl (C=O) groups is 1. The van der Waals surface area contributed by atoms with Crippen LogP contribution in [0.3, 0.4) is 0 Å². The fraction of sp³-hybridized carbons (Fsp3) is 0.265. The molecule has 0 radical (unpaired) electrons. The van der Waals surface area contributed by atoms with E-state index in [9.17, 15) is 21.6 Å². The van der Waals surface area contributed by atoms with Crippen LogP contribution in [0.2, 0.25) is 0 Å². The van der Waals surface area contributed by atoms with Crippen LogP contribution in [0.15, 0.2) is 119 Å². The number of nitrogens with one attached hydrogen (secondary N) is 1. The lowest BCUT2D eigenvalue weighted by Crippen LogP contribution is -2.69. The van der Waals surface area contributed by atoms with Crippen LogP contribution in [-0.2, 0) is 24.8 Å². The number of sulfonamides is 2. The van der Waals surface area contributed by atoms with Crippen LogP contribution < -0.4 is 4.72 Å². The Morgan fingerprint density at radius 3 is 1.79 bits per heavy atom. The topological polar surface area (TPSA) is 101 Å². The van der Waals surface area contributed by atoms with Gasteiger partial charge in [-0.1, -0.05) is 116 Å². The molecule has 4 aromatic rings. The molecule has 4 aromatic carbocycles. The van der Waals surface area contributed by atoms with E-state index in [1.165, 1.54) is 24.3 Å². The number of rotatable bonds is 11. The van der Waals surface area contributed by atoms with Gasteiger partial charge in [-0.3, -0.25) is 4.79 Å². The minimum Gasteiger partial charge on any atom is -0.273 e. The van der Waals surface area contributed by atoms with Gasteiger partial charge in [0.15, 0.2) is 0 Å². The molecule has 1 unspecified atom stereocenters. The van der Waals surface area contributed by atoms with Gasteiger partial charge in [0.05, 0.1) is 27.3 Å². The van der Waals surface area contributed by atoms with Crippen molar-refractivity contribution in [2.45, 2.75) is 61.9 Å². The van der Waals surface area contributed by atoms with Crippen molar-refractivity contribution in [1.82, 2.24) is 9.03 Å². The molecule has 1 aliphatic rings. The molecule has 7 nitrogen and oxygen atoms in total. The Morgan fingerprint density at radius 2 is 1.26 bits per heavy atom. The summed E-state index contributed by atoms with van der Waals surface area (Å²) in [5.41, 5.74) is 1.57. The first-order valence-electron chi connectivity index (χ1n) is 14.4. The van der Waals surface area contributed by atoms with Gasteiger partial charge in [-0.05, 0) is 55.7 Å². The van der Waals surface area contributed by atoms with E-state index in [-0.39, 0.29) is 16.2 Å². The molecule has 1 fully saturated rings. The lowest BCUT2D eigenvalue weighted by atomic mass is 9.61. The van der Waals surface area contributed by atoms with Gasteiger partial charge in [0.2, 0.25) is 15.9 Å². The van der Waals surface area contributed by atoms with Gasteiger partial charge in [-0.15, -0.1) is 0 Å². The molecule has 0 spiro atoms. The first kappa shape index (κ1) is 30.7. The molecular weight excluding hydrogens is 581 g/mol. The van der Waals surface area contributed by atoms with E-state index in [2.05, 4.69) is 4.72 Å².